The SMILES string of the molecule is CN1CCC(C#N)C1.Cc1ccc(Cl)cc1. The highest BCUT2D eigenvalue weighted by Crippen LogP contribution is 2.11. The highest BCUT2D eigenvalue weighted by Gasteiger charge is 2.17. The fraction of sp³-hybridized carbons (Fsp3) is 0.462. The predicted octanol–water partition coefficient (Wildman–Crippen LogP) is 3.11. The van der Waals surface area contributed by atoms with Crippen molar-refractivity contribution in [3.63, 3.8) is 0 Å². The Balaban J connectivity index is 0.000000160. The van der Waals surface area contributed by atoms with Crippen LogP contribution in [0.3, 0.4) is 0 Å². The monoisotopic (exact) mass is 236 g/mol. The zero-order valence-corrected chi connectivity index (χ0v) is 10.5. The molecule has 0 amide bonds. The summed E-state index contributed by atoms with van der Waals surface area (Å²) < 4.78 is 0. The number of benzene rings is 1. The van der Waals surface area contributed by atoms with E-state index in [4.69, 9.17) is 16.9 Å². The summed E-state index contributed by atoms with van der Waals surface area (Å²) in [6.45, 7) is 4.10. The van der Waals surface area contributed by atoms with Gasteiger partial charge in [-0.3, -0.25) is 0 Å². The molecule has 0 aliphatic carbocycles. The maximum atomic E-state index is 8.41. The van der Waals surface area contributed by atoms with Crippen LogP contribution in [0, 0.1) is 24.2 Å². The van der Waals surface area contributed by atoms with Crippen LogP contribution in [0.5, 0.6) is 0 Å². The topological polar surface area (TPSA) is 27.0 Å². The van der Waals surface area contributed by atoms with Crippen LogP contribution in [0.2, 0.25) is 5.02 Å². The van der Waals surface area contributed by atoms with Gasteiger partial charge in [0.25, 0.3) is 0 Å². The summed E-state index contributed by atoms with van der Waals surface area (Å²) in [6.07, 6.45) is 1.06. The average molecular weight is 237 g/mol. The molecule has 1 aliphatic rings. The van der Waals surface area contributed by atoms with Crippen LogP contribution in [0.4, 0.5) is 0 Å². The van der Waals surface area contributed by atoms with Gasteiger partial charge < -0.3 is 4.90 Å². The third-order valence-corrected chi connectivity index (χ3v) is 2.84. The van der Waals surface area contributed by atoms with Crippen molar-refractivity contribution in [1.82, 2.24) is 4.90 Å². The molecule has 0 bridgehead atoms. The lowest BCUT2D eigenvalue weighted by Crippen LogP contribution is -2.13. The normalized spacial score (nSPS) is 19.8. The summed E-state index contributed by atoms with van der Waals surface area (Å²) in [5, 5.41) is 9.21. The van der Waals surface area contributed by atoms with Crippen LogP contribution in [-0.2, 0) is 0 Å². The van der Waals surface area contributed by atoms with Crippen LogP contribution >= 0.6 is 11.6 Å². The second kappa shape index (κ2) is 6.52. The van der Waals surface area contributed by atoms with E-state index >= 15 is 0 Å². The Morgan fingerprint density at radius 1 is 1.38 bits per heavy atom. The van der Waals surface area contributed by atoms with Crippen molar-refractivity contribution < 1.29 is 0 Å². The standard InChI is InChI=1S/C7H7Cl.C6H10N2/c1-6-2-4-7(8)5-3-6;1-8-3-2-6(4-7)5-8/h2-5H,1H3;6H,2-3,5H2,1H3. The molecule has 1 unspecified atom stereocenters. The molecule has 0 aromatic heterocycles. The van der Waals surface area contributed by atoms with Gasteiger partial charge in [0.1, 0.15) is 0 Å². The van der Waals surface area contributed by atoms with Gasteiger partial charge in [-0.05, 0) is 39.1 Å². The van der Waals surface area contributed by atoms with Crippen molar-refractivity contribution in [2.45, 2.75) is 13.3 Å². The van der Waals surface area contributed by atoms with Crippen LogP contribution in [0.1, 0.15) is 12.0 Å². The Kier molecular flexibility index (Phi) is 5.31. The Hall–Kier alpha value is -1.04. The van der Waals surface area contributed by atoms with Crippen LogP contribution in [-0.4, -0.2) is 25.0 Å². The zero-order chi connectivity index (χ0) is 12.0. The minimum Gasteiger partial charge on any atom is -0.305 e. The van der Waals surface area contributed by atoms with Gasteiger partial charge in [0.05, 0.1) is 12.0 Å². The number of hydrogen-bond donors (Lipinski definition) is 0. The molecule has 1 fully saturated rings. The van der Waals surface area contributed by atoms with Gasteiger partial charge in [0, 0.05) is 11.6 Å². The third-order valence-electron chi connectivity index (χ3n) is 2.58. The largest absolute Gasteiger partial charge is 0.305 e. The van der Waals surface area contributed by atoms with Crippen LogP contribution in [0.25, 0.3) is 0 Å². The van der Waals surface area contributed by atoms with Crippen molar-refractivity contribution in [2.75, 3.05) is 20.1 Å². The molecule has 0 saturated carbocycles. The van der Waals surface area contributed by atoms with E-state index in [9.17, 15) is 0 Å². The number of rotatable bonds is 0. The average Bonchev–Trinajstić information content (AvgIpc) is 2.70. The Morgan fingerprint density at radius 2 is 2.00 bits per heavy atom. The van der Waals surface area contributed by atoms with Gasteiger partial charge in [0.15, 0.2) is 0 Å². The molecule has 0 spiro atoms. The van der Waals surface area contributed by atoms with Gasteiger partial charge in [-0.2, -0.15) is 5.26 Å². The van der Waals surface area contributed by atoms with E-state index in [0.29, 0.717) is 5.92 Å². The van der Waals surface area contributed by atoms with Crippen molar-refractivity contribution in [3.05, 3.63) is 34.9 Å². The maximum absolute atomic E-state index is 8.41. The molecule has 1 aromatic rings. The molecule has 1 saturated heterocycles. The molecule has 2 rings (SSSR count). The van der Waals surface area contributed by atoms with Crippen molar-refractivity contribution in [2.24, 2.45) is 5.92 Å². The quantitative estimate of drug-likeness (QED) is 0.692. The van der Waals surface area contributed by atoms with Crippen LogP contribution < -0.4 is 0 Å². The second-order valence-corrected chi connectivity index (χ2v) is 4.61. The first-order valence-corrected chi connectivity index (χ1v) is 5.80. The summed E-state index contributed by atoms with van der Waals surface area (Å²) >= 11 is 5.61. The summed E-state index contributed by atoms with van der Waals surface area (Å²) in [5.41, 5.74) is 1.24. The molecule has 86 valence electrons. The molecule has 3 heteroatoms. The fourth-order valence-electron chi connectivity index (χ4n) is 1.57. The van der Waals surface area contributed by atoms with E-state index in [1.54, 1.807) is 0 Å². The molecule has 0 N–H and O–H groups in total. The van der Waals surface area contributed by atoms with Gasteiger partial charge in [-0.1, -0.05) is 29.3 Å². The Morgan fingerprint density at radius 3 is 2.31 bits per heavy atom. The highest BCUT2D eigenvalue weighted by atomic mass is 35.5. The molecule has 1 aliphatic heterocycles. The van der Waals surface area contributed by atoms with E-state index in [1.807, 2.05) is 31.2 Å². The predicted molar refractivity (Wildman–Crippen MR) is 67.4 cm³/mol. The summed E-state index contributed by atoms with van der Waals surface area (Å²) in [4.78, 5) is 2.19. The lowest BCUT2D eigenvalue weighted by molar-refractivity contribution is 0.409. The van der Waals surface area contributed by atoms with E-state index in [-0.39, 0.29) is 0 Å². The minimum absolute atomic E-state index is 0.306. The van der Waals surface area contributed by atoms with Gasteiger partial charge in [0.2, 0.25) is 0 Å². The molecule has 1 aromatic carbocycles. The van der Waals surface area contributed by atoms with E-state index in [0.717, 1.165) is 24.5 Å². The molecular formula is C13H17ClN2. The number of nitriles is 1. The summed E-state index contributed by atoms with van der Waals surface area (Å²) in [6, 6.07) is 10.0. The van der Waals surface area contributed by atoms with Crippen molar-refractivity contribution >= 4 is 11.6 Å². The molecule has 0 radical (unpaired) electrons. The first-order valence-electron chi connectivity index (χ1n) is 5.42. The fourth-order valence-corrected chi connectivity index (χ4v) is 1.70. The molecule has 1 heterocycles. The highest BCUT2D eigenvalue weighted by molar-refractivity contribution is 6.30. The minimum atomic E-state index is 0.306. The van der Waals surface area contributed by atoms with E-state index in [2.05, 4.69) is 18.0 Å². The first-order chi connectivity index (χ1) is 7.61. The Bertz CT molecular complexity index is 332. The molecule has 2 nitrogen and oxygen atoms in total. The lowest BCUT2D eigenvalue weighted by atomic mass is 10.1. The third kappa shape index (κ3) is 4.65. The molecule has 16 heavy (non-hydrogen) atoms. The summed E-state index contributed by atoms with van der Waals surface area (Å²) in [5.74, 6) is 0.306. The van der Waals surface area contributed by atoms with Crippen molar-refractivity contribution in [3.8, 4) is 6.07 Å². The molecule has 1 atom stereocenters. The van der Waals surface area contributed by atoms with Gasteiger partial charge in [-0.15, -0.1) is 0 Å². The number of hydrogen-bond acceptors (Lipinski definition) is 2. The number of aryl methyl sites for hydroxylation is 1. The first kappa shape index (κ1) is 13.0. The summed E-state index contributed by atoms with van der Waals surface area (Å²) in [7, 11) is 2.05. The van der Waals surface area contributed by atoms with Crippen LogP contribution in [0.15, 0.2) is 24.3 Å². The van der Waals surface area contributed by atoms with Gasteiger partial charge in [-0.25, -0.2) is 0 Å². The smallest absolute Gasteiger partial charge is 0.0669 e. The van der Waals surface area contributed by atoms with E-state index < -0.39 is 0 Å². The number of halogens is 1. The Labute approximate surface area is 102 Å². The van der Waals surface area contributed by atoms with E-state index in [1.165, 1.54) is 5.56 Å². The number of likely N-dealkylation sites (tertiary alicyclic amines) is 1. The zero-order valence-electron chi connectivity index (χ0n) is 9.78. The molecular weight excluding hydrogens is 220 g/mol. The number of nitrogens with zero attached hydrogens (tertiary/aromatic N) is 2. The van der Waals surface area contributed by atoms with Gasteiger partial charge >= 0.3 is 0 Å². The second-order valence-electron chi connectivity index (χ2n) is 4.17. The maximum Gasteiger partial charge on any atom is 0.0669 e. The lowest BCUT2D eigenvalue weighted by Gasteiger charge is -2.02. The van der Waals surface area contributed by atoms with Crippen molar-refractivity contribution in [1.29, 1.82) is 5.26 Å².